The van der Waals surface area contributed by atoms with E-state index in [2.05, 4.69) is 17.1 Å². The van der Waals surface area contributed by atoms with E-state index in [1.807, 2.05) is 0 Å². The van der Waals surface area contributed by atoms with Crippen LogP contribution in [0.1, 0.15) is 32.4 Å². The van der Waals surface area contributed by atoms with Crippen LogP contribution in [0.4, 0.5) is 5.82 Å². The number of hydrogen-bond acceptors (Lipinski definition) is 7. The Hall–Kier alpha value is -1.71. The second-order valence-corrected chi connectivity index (χ2v) is 9.22. The van der Waals surface area contributed by atoms with E-state index in [1.54, 1.807) is 0 Å². The molecule has 0 saturated carbocycles. The molecule has 0 unspecified atom stereocenters. The summed E-state index contributed by atoms with van der Waals surface area (Å²) in [4.78, 5) is 12.5. The zero-order chi connectivity index (χ0) is 18.7. The molecule has 2 heterocycles. The third kappa shape index (κ3) is 4.47. The Kier molecular flexibility index (Phi) is 6.02. The minimum atomic E-state index is -3.68. The van der Waals surface area contributed by atoms with E-state index in [4.69, 9.17) is 14.4 Å². The van der Waals surface area contributed by atoms with E-state index in [1.165, 1.54) is 19.9 Å². The van der Waals surface area contributed by atoms with Crippen molar-refractivity contribution in [1.29, 1.82) is 0 Å². The summed E-state index contributed by atoms with van der Waals surface area (Å²) in [6.07, 6.45) is 1.35. The van der Waals surface area contributed by atoms with Gasteiger partial charge in [-0.25, -0.2) is 8.42 Å². The maximum atomic E-state index is 12.7. The standard InChI is InChI=1S/C16H24N2O6S/c1-11(9-19)13-8-14(18-24-13)17-15(20)16(2,3)25(21,22)10-12-4-6-23-7-5-12/h8,12,19H,1,4-7,9-10H2,2-3H3,(H,17,18,20). The van der Waals surface area contributed by atoms with Gasteiger partial charge in [0.25, 0.3) is 0 Å². The van der Waals surface area contributed by atoms with Gasteiger partial charge in [-0.2, -0.15) is 0 Å². The summed E-state index contributed by atoms with van der Waals surface area (Å²) in [5.41, 5.74) is 0.305. The van der Waals surface area contributed by atoms with Crippen LogP contribution in [0.15, 0.2) is 17.2 Å². The van der Waals surface area contributed by atoms with Gasteiger partial charge < -0.3 is 19.7 Å². The lowest BCUT2D eigenvalue weighted by Crippen LogP contribution is -2.47. The molecular formula is C16H24N2O6S. The highest BCUT2D eigenvalue weighted by Crippen LogP contribution is 2.26. The molecule has 0 atom stereocenters. The molecule has 9 heteroatoms. The van der Waals surface area contributed by atoms with Crippen molar-refractivity contribution in [2.75, 3.05) is 30.9 Å². The number of amides is 1. The fourth-order valence-electron chi connectivity index (χ4n) is 2.42. The fraction of sp³-hybridized carbons (Fsp3) is 0.625. The predicted molar refractivity (Wildman–Crippen MR) is 92.7 cm³/mol. The third-order valence-corrected chi connectivity index (χ3v) is 7.06. The first-order chi connectivity index (χ1) is 11.7. The lowest BCUT2D eigenvalue weighted by molar-refractivity contribution is -0.117. The summed E-state index contributed by atoms with van der Waals surface area (Å²) >= 11 is 0. The van der Waals surface area contributed by atoms with Gasteiger partial charge in [-0.1, -0.05) is 11.7 Å². The number of nitrogens with one attached hydrogen (secondary N) is 1. The van der Waals surface area contributed by atoms with Crippen LogP contribution >= 0.6 is 0 Å². The van der Waals surface area contributed by atoms with E-state index in [9.17, 15) is 13.2 Å². The smallest absolute Gasteiger partial charge is 0.246 e. The quantitative estimate of drug-likeness (QED) is 0.739. The SMILES string of the molecule is C=C(CO)c1cc(NC(=O)C(C)(C)S(=O)(=O)CC2CCOCC2)no1. The lowest BCUT2D eigenvalue weighted by atomic mass is 10.0. The minimum absolute atomic E-state index is 0.00245. The zero-order valence-electron chi connectivity index (χ0n) is 14.4. The van der Waals surface area contributed by atoms with Crippen LogP contribution in [0.5, 0.6) is 0 Å². The van der Waals surface area contributed by atoms with Crippen molar-refractivity contribution in [3.63, 3.8) is 0 Å². The Morgan fingerprint density at radius 3 is 2.68 bits per heavy atom. The summed E-state index contributed by atoms with van der Waals surface area (Å²) < 4.78 is 34.0. The number of carbonyl (C=O) groups excluding carboxylic acids is 1. The highest BCUT2D eigenvalue weighted by atomic mass is 32.2. The van der Waals surface area contributed by atoms with E-state index in [0.29, 0.717) is 31.6 Å². The molecule has 1 aromatic heterocycles. The number of aromatic nitrogens is 1. The fourth-order valence-corrected chi connectivity index (χ4v) is 4.12. The number of nitrogens with zero attached hydrogens (tertiary/aromatic N) is 1. The first-order valence-corrected chi connectivity index (χ1v) is 9.70. The Morgan fingerprint density at radius 1 is 1.44 bits per heavy atom. The average Bonchev–Trinajstić information content (AvgIpc) is 3.03. The van der Waals surface area contributed by atoms with Crippen LogP contribution in [0.2, 0.25) is 0 Å². The highest BCUT2D eigenvalue weighted by molar-refractivity contribution is 7.93. The van der Waals surface area contributed by atoms with Crippen molar-refractivity contribution >= 4 is 27.1 Å². The maximum absolute atomic E-state index is 12.7. The Balaban J connectivity index is 2.07. The monoisotopic (exact) mass is 372 g/mol. The predicted octanol–water partition coefficient (Wildman–Crippen LogP) is 1.24. The maximum Gasteiger partial charge on any atom is 0.246 e. The average molecular weight is 372 g/mol. The van der Waals surface area contributed by atoms with Crippen LogP contribution in [0, 0.1) is 5.92 Å². The summed E-state index contributed by atoms with van der Waals surface area (Å²) in [6.45, 7) is 7.12. The van der Waals surface area contributed by atoms with Gasteiger partial charge in [0.1, 0.15) is 4.75 Å². The first-order valence-electron chi connectivity index (χ1n) is 8.04. The van der Waals surface area contributed by atoms with Gasteiger partial charge in [0.15, 0.2) is 21.4 Å². The molecule has 0 aliphatic carbocycles. The Bertz CT molecular complexity index is 732. The number of carbonyl (C=O) groups is 1. The summed E-state index contributed by atoms with van der Waals surface area (Å²) in [7, 11) is -3.68. The molecule has 0 aromatic carbocycles. The van der Waals surface area contributed by atoms with Gasteiger partial charge in [-0.3, -0.25) is 4.79 Å². The highest BCUT2D eigenvalue weighted by Gasteiger charge is 2.43. The van der Waals surface area contributed by atoms with Gasteiger partial charge >= 0.3 is 0 Å². The largest absolute Gasteiger partial charge is 0.392 e. The molecule has 1 amide bonds. The second kappa shape index (κ2) is 7.67. The van der Waals surface area contributed by atoms with Crippen LogP contribution < -0.4 is 5.32 Å². The lowest BCUT2D eigenvalue weighted by Gasteiger charge is -2.28. The molecule has 140 valence electrons. The van der Waals surface area contributed by atoms with Gasteiger partial charge in [0.2, 0.25) is 5.91 Å². The van der Waals surface area contributed by atoms with Crippen molar-refractivity contribution in [1.82, 2.24) is 5.16 Å². The topological polar surface area (TPSA) is 119 Å². The molecular weight excluding hydrogens is 348 g/mol. The van der Waals surface area contributed by atoms with Crippen LogP contribution in [-0.2, 0) is 19.4 Å². The van der Waals surface area contributed by atoms with E-state index < -0.39 is 20.5 Å². The number of hydrogen-bond donors (Lipinski definition) is 2. The number of aliphatic hydroxyl groups is 1. The van der Waals surface area contributed by atoms with Crippen molar-refractivity contribution in [2.24, 2.45) is 5.92 Å². The van der Waals surface area contributed by atoms with Crippen LogP contribution in [0.25, 0.3) is 5.57 Å². The van der Waals surface area contributed by atoms with E-state index >= 15 is 0 Å². The molecule has 0 spiro atoms. The molecule has 1 aliphatic heterocycles. The van der Waals surface area contributed by atoms with E-state index in [0.717, 1.165) is 0 Å². The Labute approximate surface area is 147 Å². The molecule has 0 bridgehead atoms. The van der Waals surface area contributed by atoms with Gasteiger partial charge in [-0.05, 0) is 32.6 Å². The van der Waals surface area contributed by atoms with Crippen molar-refractivity contribution in [3.8, 4) is 0 Å². The number of rotatable bonds is 7. The van der Waals surface area contributed by atoms with Crippen molar-refractivity contribution in [2.45, 2.75) is 31.4 Å². The molecule has 0 radical (unpaired) electrons. The molecule has 1 aliphatic rings. The molecule has 8 nitrogen and oxygen atoms in total. The molecule has 1 fully saturated rings. The van der Waals surface area contributed by atoms with Crippen molar-refractivity contribution < 1.29 is 27.6 Å². The zero-order valence-corrected chi connectivity index (χ0v) is 15.3. The second-order valence-electron chi connectivity index (χ2n) is 6.64. The molecule has 2 N–H and O–H groups in total. The van der Waals surface area contributed by atoms with Crippen molar-refractivity contribution in [3.05, 3.63) is 18.4 Å². The van der Waals surface area contributed by atoms with Crippen LogP contribution in [0.3, 0.4) is 0 Å². The summed E-state index contributed by atoms with van der Waals surface area (Å²) in [5.74, 6) is -0.446. The summed E-state index contributed by atoms with van der Waals surface area (Å²) in [5, 5.41) is 15.1. The van der Waals surface area contributed by atoms with Gasteiger partial charge in [0.05, 0.1) is 12.4 Å². The van der Waals surface area contributed by atoms with Gasteiger partial charge in [0, 0.05) is 24.9 Å². The number of sulfone groups is 1. The van der Waals surface area contributed by atoms with Gasteiger partial charge in [-0.15, -0.1) is 0 Å². The molecule has 1 aromatic rings. The van der Waals surface area contributed by atoms with Crippen LogP contribution in [-0.4, -0.2) is 54.9 Å². The first kappa shape index (κ1) is 19.6. The normalized spacial score (nSPS) is 16.6. The summed E-state index contributed by atoms with van der Waals surface area (Å²) in [6, 6.07) is 1.39. The van der Waals surface area contributed by atoms with E-state index in [-0.39, 0.29) is 29.9 Å². The number of anilines is 1. The Morgan fingerprint density at radius 2 is 2.08 bits per heavy atom. The molecule has 2 rings (SSSR count). The molecule has 25 heavy (non-hydrogen) atoms. The number of ether oxygens (including phenoxy) is 1. The number of aliphatic hydroxyl groups excluding tert-OH is 1. The minimum Gasteiger partial charge on any atom is -0.392 e. The molecule has 1 saturated heterocycles. The third-order valence-electron chi connectivity index (χ3n) is 4.41.